The maximum atomic E-state index is 6.12. The quantitative estimate of drug-likeness (QED) is 0.347. The Kier molecular flexibility index (Phi) is 7.86. The molecule has 0 unspecified atom stereocenters. The number of hydrogen-bond acceptors (Lipinski definition) is 3. The van der Waals surface area contributed by atoms with Crippen molar-refractivity contribution in [2.45, 2.75) is 37.2 Å². The van der Waals surface area contributed by atoms with E-state index in [0.29, 0.717) is 0 Å². The van der Waals surface area contributed by atoms with Crippen molar-refractivity contribution in [1.29, 1.82) is 0 Å². The Hall–Kier alpha value is -1.96. The summed E-state index contributed by atoms with van der Waals surface area (Å²) in [4.78, 5) is 6.90. The SMILES string of the molecule is CN=C(NCC1(c2ccccc2OC)CC1)N1CCC(Oc2ccccc2)CC1.I. The summed E-state index contributed by atoms with van der Waals surface area (Å²) in [6.45, 7) is 2.80. The minimum Gasteiger partial charge on any atom is -0.496 e. The molecule has 1 heterocycles. The third-order valence-electron chi connectivity index (χ3n) is 6.12. The van der Waals surface area contributed by atoms with Gasteiger partial charge in [0.15, 0.2) is 5.96 Å². The summed E-state index contributed by atoms with van der Waals surface area (Å²) < 4.78 is 11.7. The van der Waals surface area contributed by atoms with Gasteiger partial charge >= 0.3 is 0 Å². The highest BCUT2D eigenvalue weighted by molar-refractivity contribution is 14.0. The number of guanidine groups is 1. The maximum Gasteiger partial charge on any atom is 0.193 e. The van der Waals surface area contributed by atoms with Gasteiger partial charge < -0.3 is 19.7 Å². The van der Waals surface area contributed by atoms with Gasteiger partial charge in [0.05, 0.1) is 7.11 Å². The highest BCUT2D eigenvalue weighted by atomic mass is 127. The molecule has 162 valence electrons. The second-order valence-corrected chi connectivity index (χ2v) is 8.00. The Morgan fingerprint density at radius 3 is 2.37 bits per heavy atom. The van der Waals surface area contributed by atoms with Crippen LogP contribution in [0.4, 0.5) is 0 Å². The second-order valence-electron chi connectivity index (χ2n) is 8.00. The summed E-state index contributed by atoms with van der Waals surface area (Å²) >= 11 is 0. The van der Waals surface area contributed by atoms with E-state index in [1.54, 1.807) is 7.11 Å². The van der Waals surface area contributed by atoms with Gasteiger partial charge in [0.1, 0.15) is 17.6 Å². The highest BCUT2D eigenvalue weighted by Gasteiger charge is 2.46. The second kappa shape index (κ2) is 10.4. The number of benzene rings is 2. The molecule has 0 spiro atoms. The molecule has 1 saturated carbocycles. The molecular formula is C24H32IN3O2. The molecule has 2 aromatic carbocycles. The third kappa shape index (κ3) is 5.20. The van der Waals surface area contributed by atoms with Crippen LogP contribution in [0.15, 0.2) is 59.6 Å². The van der Waals surface area contributed by atoms with Crippen molar-refractivity contribution >= 4 is 29.9 Å². The van der Waals surface area contributed by atoms with E-state index in [1.165, 1.54) is 18.4 Å². The molecule has 1 aliphatic carbocycles. The summed E-state index contributed by atoms with van der Waals surface area (Å²) in [6, 6.07) is 18.5. The Morgan fingerprint density at radius 2 is 1.73 bits per heavy atom. The molecule has 1 aliphatic heterocycles. The zero-order chi connectivity index (χ0) is 20.1. The molecule has 2 fully saturated rings. The van der Waals surface area contributed by atoms with Crippen molar-refractivity contribution in [1.82, 2.24) is 10.2 Å². The van der Waals surface area contributed by atoms with Crippen molar-refractivity contribution in [3.8, 4) is 11.5 Å². The number of likely N-dealkylation sites (tertiary alicyclic amines) is 1. The molecule has 0 bridgehead atoms. The van der Waals surface area contributed by atoms with Gasteiger partial charge in [-0.2, -0.15) is 0 Å². The first-order chi connectivity index (χ1) is 14.2. The van der Waals surface area contributed by atoms with Crippen molar-refractivity contribution in [3.05, 3.63) is 60.2 Å². The molecule has 2 aliphatic rings. The van der Waals surface area contributed by atoms with Crippen LogP contribution in [0.2, 0.25) is 0 Å². The zero-order valence-corrected chi connectivity index (χ0v) is 20.2. The largest absolute Gasteiger partial charge is 0.496 e. The number of aliphatic imine (C=N–C) groups is 1. The van der Waals surface area contributed by atoms with E-state index in [1.807, 2.05) is 43.4 Å². The maximum absolute atomic E-state index is 6.12. The summed E-state index contributed by atoms with van der Waals surface area (Å²) in [6.07, 6.45) is 4.66. The van der Waals surface area contributed by atoms with Crippen LogP contribution in [-0.2, 0) is 5.41 Å². The number of methoxy groups -OCH3 is 1. The number of hydrogen-bond donors (Lipinski definition) is 1. The molecule has 5 nitrogen and oxygen atoms in total. The Morgan fingerprint density at radius 1 is 1.07 bits per heavy atom. The van der Waals surface area contributed by atoms with Gasteiger partial charge in [0.2, 0.25) is 0 Å². The van der Waals surface area contributed by atoms with Gasteiger partial charge in [-0.1, -0.05) is 36.4 Å². The van der Waals surface area contributed by atoms with Gasteiger partial charge in [-0.15, -0.1) is 24.0 Å². The number of halogens is 1. The lowest BCUT2D eigenvalue weighted by molar-refractivity contribution is 0.129. The molecule has 0 aromatic heterocycles. The molecule has 1 N–H and O–H groups in total. The van der Waals surface area contributed by atoms with E-state index < -0.39 is 0 Å². The monoisotopic (exact) mass is 521 g/mol. The first-order valence-corrected chi connectivity index (χ1v) is 10.5. The van der Waals surface area contributed by atoms with Gasteiger partial charge in [-0.25, -0.2) is 0 Å². The fourth-order valence-corrected chi connectivity index (χ4v) is 4.23. The predicted octanol–water partition coefficient (Wildman–Crippen LogP) is 4.46. The highest BCUT2D eigenvalue weighted by Crippen LogP contribution is 2.50. The van der Waals surface area contributed by atoms with Crippen LogP contribution in [-0.4, -0.2) is 50.8 Å². The molecule has 0 radical (unpaired) electrons. The lowest BCUT2D eigenvalue weighted by Gasteiger charge is -2.35. The van der Waals surface area contributed by atoms with E-state index in [9.17, 15) is 0 Å². The van der Waals surface area contributed by atoms with E-state index in [0.717, 1.165) is 49.9 Å². The van der Waals surface area contributed by atoms with Crippen LogP contribution in [0.1, 0.15) is 31.2 Å². The number of nitrogens with one attached hydrogen (secondary N) is 1. The van der Waals surface area contributed by atoms with Gasteiger partial charge in [-0.3, -0.25) is 4.99 Å². The van der Waals surface area contributed by atoms with Crippen molar-refractivity contribution in [2.75, 3.05) is 33.8 Å². The van der Waals surface area contributed by atoms with Crippen LogP contribution in [0.3, 0.4) is 0 Å². The minimum atomic E-state index is 0. The van der Waals surface area contributed by atoms with E-state index in [4.69, 9.17) is 9.47 Å². The molecule has 0 amide bonds. The van der Waals surface area contributed by atoms with Crippen LogP contribution < -0.4 is 14.8 Å². The Labute approximate surface area is 196 Å². The molecule has 1 saturated heterocycles. The first kappa shape index (κ1) is 22.7. The van der Waals surface area contributed by atoms with Crippen molar-refractivity contribution in [3.63, 3.8) is 0 Å². The average Bonchev–Trinajstić information content (AvgIpc) is 3.57. The fourth-order valence-electron chi connectivity index (χ4n) is 4.23. The number of ether oxygens (including phenoxy) is 2. The van der Waals surface area contributed by atoms with Crippen molar-refractivity contribution < 1.29 is 9.47 Å². The lowest BCUT2D eigenvalue weighted by atomic mass is 9.95. The molecule has 4 rings (SSSR count). The lowest BCUT2D eigenvalue weighted by Crippen LogP contribution is -2.49. The summed E-state index contributed by atoms with van der Waals surface area (Å²) in [5.41, 5.74) is 1.47. The zero-order valence-electron chi connectivity index (χ0n) is 17.8. The molecular weight excluding hydrogens is 489 g/mol. The topological polar surface area (TPSA) is 46.1 Å². The van der Waals surface area contributed by atoms with E-state index in [2.05, 4.69) is 33.4 Å². The number of rotatable bonds is 6. The number of para-hydroxylation sites is 2. The smallest absolute Gasteiger partial charge is 0.193 e. The summed E-state index contributed by atoms with van der Waals surface area (Å²) in [5.74, 6) is 2.94. The summed E-state index contributed by atoms with van der Waals surface area (Å²) in [5, 5.41) is 3.64. The van der Waals surface area contributed by atoms with Crippen LogP contribution >= 0.6 is 24.0 Å². The normalized spacial score (nSPS) is 18.3. The summed E-state index contributed by atoms with van der Waals surface area (Å²) in [7, 11) is 3.63. The number of nitrogens with zero attached hydrogens (tertiary/aromatic N) is 2. The van der Waals surface area contributed by atoms with Crippen LogP contribution in [0, 0.1) is 0 Å². The van der Waals surface area contributed by atoms with Crippen molar-refractivity contribution in [2.24, 2.45) is 4.99 Å². The standard InChI is InChI=1S/C24H31N3O2.HI/c1-25-23(26-18-24(14-15-24)21-10-6-7-11-22(21)28-2)27-16-12-20(13-17-27)29-19-8-4-3-5-9-19;/h3-11,20H,12-18H2,1-2H3,(H,25,26);1H. The molecule has 0 atom stereocenters. The van der Waals surface area contributed by atoms with Crippen LogP contribution in [0.5, 0.6) is 11.5 Å². The third-order valence-corrected chi connectivity index (χ3v) is 6.12. The van der Waals surface area contributed by atoms with Gasteiger partial charge in [-0.05, 0) is 31.0 Å². The minimum absolute atomic E-state index is 0. The number of piperidine rings is 1. The molecule has 30 heavy (non-hydrogen) atoms. The average molecular weight is 521 g/mol. The fraction of sp³-hybridized carbons (Fsp3) is 0.458. The van der Waals surface area contributed by atoms with E-state index >= 15 is 0 Å². The van der Waals surface area contributed by atoms with Gasteiger partial charge in [0.25, 0.3) is 0 Å². The Bertz CT molecular complexity index is 831. The first-order valence-electron chi connectivity index (χ1n) is 10.5. The van der Waals surface area contributed by atoms with E-state index in [-0.39, 0.29) is 35.5 Å². The van der Waals surface area contributed by atoms with Crippen LogP contribution in [0.25, 0.3) is 0 Å². The molecule has 2 aromatic rings. The molecule has 6 heteroatoms. The predicted molar refractivity (Wildman–Crippen MR) is 132 cm³/mol. The Balaban J connectivity index is 0.00000256. The van der Waals surface area contributed by atoms with Gasteiger partial charge in [0, 0.05) is 50.5 Å².